The average molecular weight is 493 g/mol. The number of aromatic nitrogens is 1. The molecule has 8 nitrogen and oxygen atoms in total. The number of carbonyl (C=O) groups excluding carboxylic acids is 1. The molecule has 3 rings (SSSR count). The third-order valence-corrected chi connectivity index (χ3v) is 5.72. The fourth-order valence-corrected chi connectivity index (χ4v) is 3.96. The van der Waals surface area contributed by atoms with Gasteiger partial charge in [-0.05, 0) is 68.7 Å². The van der Waals surface area contributed by atoms with Crippen molar-refractivity contribution in [1.29, 1.82) is 0 Å². The molecule has 1 atom stereocenters. The molecule has 0 bridgehead atoms. The van der Waals surface area contributed by atoms with Gasteiger partial charge < -0.3 is 14.7 Å². The molecule has 8 heteroatoms. The highest BCUT2D eigenvalue weighted by atomic mass is 16.6. The van der Waals surface area contributed by atoms with Gasteiger partial charge >= 0.3 is 12.1 Å². The number of pyridine rings is 1. The van der Waals surface area contributed by atoms with Gasteiger partial charge in [-0.2, -0.15) is 0 Å². The first kappa shape index (κ1) is 26.9. The molecule has 0 radical (unpaired) electrons. The van der Waals surface area contributed by atoms with Gasteiger partial charge in [0.25, 0.3) is 0 Å². The van der Waals surface area contributed by atoms with Crippen molar-refractivity contribution in [2.75, 3.05) is 43.5 Å². The highest BCUT2D eigenvalue weighted by molar-refractivity contribution is 5.88. The lowest BCUT2D eigenvalue weighted by atomic mass is 10.2. The van der Waals surface area contributed by atoms with Gasteiger partial charge in [-0.1, -0.05) is 24.3 Å². The van der Waals surface area contributed by atoms with Gasteiger partial charge in [-0.15, -0.1) is 0 Å². The second-order valence-corrected chi connectivity index (χ2v) is 10.1. The molecule has 2 heterocycles. The van der Waals surface area contributed by atoms with E-state index in [2.05, 4.69) is 51.2 Å². The SMILES string of the molecule is CN(C)c1ccc(C=CCN2CC[C@@H](N(C(=O)OC(C)(C)C)c3ccc(C=CC(=O)O)cn3)C2)cc1. The molecule has 1 aliphatic rings. The zero-order valence-corrected chi connectivity index (χ0v) is 21.7. The molecule has 1 fully saturated rings. The molecule has 0 saturated carbocycles. The molecule has 0 spiro atoms. The summed E-state index contributed by atoms with van der Waals surface area (Å²) in [4.78, 5) is 34.4. The van der Waals surface area contributed by atoms with Crippen molar-refractivity contribution in [3.8, 4) is 0 Å². The summed E-state index contributed by atoms with van der Waals surface area (Å²) in [7, 11) is 4.05. The first-order chi connectivity index (χ1) is 17.0. The van der Waals surface area contributed by atoms with E-state index in [1.807, 2.05) is 34.9 Å². The summed E-state index contributed by atoms with van der Waals surface area (Å²) in [5.41, 5.74) is 2.31. The zero-order chi connectivity index (χ0) is 26.3. The zero-order valence-electron chi connectivity index (χ0n) is 21.7. The van der Waals surface area contributed by atoms with Gasteiger partial charge in [0, 0.05) is 51.7 Å². The van der Waals surface area contributed by atoms with E-state index in [0.717, 1.165) is 36.8 Å². The molecular weight excluding hydrogens is 456 g/mol. The van der Waals surface area contributed by atoms with E-state index in [-0.39, 0.29) is 6.04 Å². The Morgan fingerprint density at radius 3 is 2.39 bits per heavy atom. The Morgan fingerprint density at radius 2 is 1.81 bits per heavy atom. The monoisotopic (exact) mass is 492 g/mol. The molecule has 1 amide bonds. The second kappa shape index (κ2) is 11.9. The fourth-order valence-electron chi connectivity index (χ4n) is 3.96. The van der Waals surface area contributed by atoms with Gasteiger partial charge in [0.05, 0.1) is 6.04 Å². The van der Waals surface area contributed by atoms with E-state index in [0.29, 0.717) is 17.9 Å². The first-order valence-corrected chi connectivity index (χ1v) is 12.1. The third kappa shape index (κ3) is 7.95. The number of carbonyl (C=O) groups is 2. The maximum atomic E-state index is 13.2. The third-order valence-electron chi connectivity index (χ3n) is 5.72. The van der Waals surface area contributed by atoms with Crippen LogP contribution in [0.2, 0.25) is 0 Å². The lowest BCUT2D eigenvalue weighted by Crippen LogP contribution is -2.45. The predicted octanol–water partition coefficient (Wildman–Crippen LogP) is 4.77. The largest absolute Gasteiger partial charge is 0.478 e. The van der Waals surface area contributed by atoms with Crippen LogP contribution < -0.4 is 9.80 Å². The van der Waals surface area contributed by atoms with Crippen LogP contribution in [-0.4, -0.2) is 72.4 Å². The standard InChI is InChI=1S/C28H36N4O4/c1-28(2,3)36-27(35)32(25-14-10-22(19-29-25)11-15-26(33)34)24-16-18-31(20-24)17-6-7-21-8-12-23(13-9-21)30(4)5/h6-15,19,24H,16-18,20H2,1-5H3,(H,33,34)/t24-/m1/s1. The molecule has 1 saturated heterocycles. The second-order valence-electron chi connectivity index (χ2n) is 10.1. The molecule has 1 N–H and O–H groups in total. The minimum atomic E-state index is -1.03. The first-order valence-electron chi connectivity index (χ1n) is 12.1. The molecule has 1 aromatic heterocycles. The van der Waals surface area contributed by atoms with Crippen molar-refractivity contribution in [3.63, 3.8) is 0 Å². The predicted molar refractivity (Wildman–Crippen MR) is 144 cm³/mol. The Labute approximate surface area is 213 Å². The van der Waals surface area contributed by atoms with Crippen molar-refractivity contribution < 1.29 is 19.4 Å². The van der Waals surface area contributed by atoms with Crippen LogP contribution in [0.3, 0.4) is 0 Å². The minimum Gasteiger partial charge on any atom is -0.478 e. The average Bonchev–Trinajstić information content (AvgIpc) is 3.26. The summed E-state index contributed by atoms with van der Waals surface area (Å²) in [6.45, 7) is 7.85. The maximum absolute atomic E-state index is 13.2. The molecular formula is C28H36N4O4. The molecule has 1 aromatic carbocycles. The van der Waals surface area contributed by atoms with E-state index in [4.69, 9.17) is 9.84 Å². The number of nitrogens with zero attached hydrogens (tertiary/aromatic N) is 4. The number of amides is 1. The number of aliphatic carboxylic acids is 1. The van der Waals surface area contributed by atoms with Gasteiger partial charge in [-0.25, -0.2) is 14.6 Å². The van der Waals surface area contributed by atoms with Crippen LogP contribution in [0.5, 0.6) is 0 Å². The number of benzene rings is 1. The summed E-state index contributed by atoms with van der Waals surface area (Å²) < 4.78 is 5.70. The molecule has 0 aliphatic carbocycles. The van der Waals surface area contributed by atoms with E-state index in [9.17, 15) is 9.59 Å². The molecule has 1 aliphatic heterocycles. The van der Waals surface area contributed by atoms with Crippen molar-refractivity contribution >= 4 is 35.7 Å². The van der Waals surface area contributed by atoms with Gasteiger partial charge in [0.15, 0.2) is 0 Å². The van der Waals surface area contributed by atoms with Gasteiger partial charge in [0.1, 0.15) is 11.4 Å². The summed E-state index contributed by atoms with van der Waals surface area (Å²) in [6.07, 6.45) is 8.70. The smallest absolute Gasteiger partial charge is 0.416 e. The summed E-state index contributed by atoms with van der Waals surface area (Å²) in [5, 5.41) is 8.84. The number of carboxylic acid groups (broad SMARTS) is 1. The van der Waals surface area contributed by atoms with Crippen molar-refractivity contribution in [3.05, 3.63) is 65.9 Å². The number of carboxylic acids is 1. The number of rotatable bonds is 8. The Kier molecular flexibility index (Phi) is 8.88. The van der Waals surface area contributed by atoms with E-state index >= 15 is 0 Å². The lowest BCUT2D eigenvalue weighted by molar-refractivity contribution is -0.131. The van der Waals surface area contributed by atoms with E-state index in [1.165, 1.54) is 6.08 Å². The Bertz CT molecular complexity index is 1090. The highest BCUT2D eigenvalue weighted by Gasteiger charge is 2.34. The molecule has 192 valence electrons. The Balaban J connectivity index is 1.69. The van der Waals surface area contributed by atoms with E-state index in [1.54, 1.807) is 23.2 Å². The van der Waals surface area contributed by atoms with Crippen LogP contribution in [0.4, 0.5) is 16.3 Å². The summed E-state index contributed by atoms with van der Waals surface area (Å²) >= 11 is 0. The quantitative estimate of drug-likeness (QED) is 0.531. The number of hydrogen-bond donors (Lipinski definition) is 1. The van der Waals surface area contributed by atoms with Gasteiger partial charge in [-0.3, -0.25) is 9.80 Å². The number of hydrogen-bond acceptors (Lipinski definition) is 6. The normalized spacial score (nSPS) is 16.5. The number of likely N-dealkylation sites (tertiary alicyclic amines) is 1. The molecule has 0 unspecified atom stereocenters. The van der Waals surface area contributed by atoms with Crippen LogP contribution in [-0.2, 0) is 9.53 Å². The fraction of sp³-hybridized carbons (Fsp3) is 0.393. The van der Waals surface area contributed by atoms with Crippen LogP contribution in [0, 0.1) is 0 Å². The summed E-state index contributed by atoms with van der Waals surface area (Å²) in [6, 6.07) is 11.8. The summed E-state index contributed by atoms with van der Waals surface area (Å²) in [5.74, 6) is -0.541. The van der Waals surface area contributed by atoms with Crippen molar-refractivity contribution in [2.24, 2.45) is 0 Å². The molecule has 36 heavy (non-hydrogen) atoms. The Morgan fingerprint density at radius 1 is 1.11 bits per heavy atom. The topological polar surface area (TPSA) is 86.2 Å². The minimum absolute atomic E-state index is 0.0828. The van der Waals surface area contributed by atoms with Crippen molar-refractivity contribution in [2.45, 2.75) is 38.8 Å². The van der Waals surface area contributed by atoms with Crippen LogP contribution >= 0.6 is 0 Å². The van der Waals surface area contributed by atoms with Crippen LogP contribution in [0.15, 0.2) is 54.7 Å². The van der Waals surface area contributed by atoms with E-state index < -0.39 is 17.7 Å². The number of anilines is 2. The maximum Gasteiger partial charge on any atom is 0.416 e. The highest BCUT2D eigenvalue weighted by Crippen LogP contribution is 2.25. The molecule has 2 aromatic rings. The Hall–Kier alpha value is -3.65. The lowest BCUT2D eigenvalue weighted by Gasteiger charge is -2.31. The van der Waals surface area contributed by atoms with Gasteiger partial charge in [0.2, 0.25) is 0 Å². The van der Waals surface area contributed by atoms with Crippen molar-refractivity contribution in [1.82, 2.24) is 9.88 Å². The van der Waals surface area contributed by atoms with Crippen LogP contribution in [0.25, 0.3) is 12.2 Å². The van der Waals surface area contributed by atoms with Crippen LogP contribution in [0.1, 0.15) is 38.3 Å². The number of ether oxygens (including phenoxy) is 1.